The number of nitrogens with one attached hydrogen (secondary N) is 2. The second-order valence-corrected chi connectivity index (χ2v) is 6.49. The Hall–Kier alpha value is -2.25. The molecule has 2 N–H and O–H groups in total. The summed E-state index contributed by atoms with van der Waals surface area (Å²) in [6.45, 7) is 4.14. The first-order valence-electron chi connectivity index (χ1n) is 8.67. The minimum Gasteiger partial charge on any atom is -0.454 e. The summed E-state index contributed by atoms with van der Waals surface area (Å²) in [4.78, 5) is 12.5. The molecule has 1 fully saturated rings. The second-order valence-electron chi connectivity index (χ2n) is 6.49. The lowest BCUT2D eigenvalue weighted by Crippen LogP contribution is -2.32. The summed E-state index contributed by atoms with van der Waals surface area (Å²) in [5, 5.41) is 10.8. The molecule has 1 aromatic heterocycles. The van der Waals surface area contributed by atoms with Crippen LogP contribution in [0.4, 0.5) is 0 Å². The molecule has 0 radical (unpaired) electrons. The van der Waals surface area contributed by atoms with Gasteiger partial charge in [-0.05, 0) is 50.1 Å². The van der Waals surface area contributed by atoms with Gasteiger partial charge in [-0.2, -0.15) is 5.10 Å². The number of piperidine rings is 1. The van der Waals surface area contributed by atoms with Crippen LogP contribution in [0.5, 0.6) is 11.5 Å². The summed E-state index contributed by atoms with van der Waals surface area (Å²) in [6, 6.07) is 7.65. The van der Waals surface area contributed by atoms with Gasteiger partial charge in [0.05, 0.1) is 12.1 Å². The summed E-state index contributed by atoms with van der Waals surface area (Å²) >= 11 is 0. The van der Waals surface area contributed by atoms with Crippen LogP contribution in [-0.2, 0) is 0 Å². The van der Waals surface area contributed by atoms with Gasteiger partial charge < -0.3 is 20.1 Å². The van der Waals surface area contributed by atoms with Crippen molar-refractivity contribution >= 4 is 18.3 Å². The van der Waals surface area contributed by atoms with Crippen molar-refractivity contribution in [2.24, 2.45) is 0 Å². The highest BCUT2D eigenvalue weighted by atomic mass is 35.5. The zero-order chi connectivity index (χ0) is 17.2. The average molecular weight is 379 g/mol. The quantitative estimate of drug-likeness (QED) is 0.854. The monoisotopic (exact) mass is 378 g/mol. The van der Waals surface area contributed by atoms with Gasteiger partial charge in [-0.15, -0.1) is 12.4 Å². The second kappa shape index (κ2) is 7.97. The minimum absolute atomic E-state index is 0. The number of rotatable bonds is 4. The zero-order valence-electron chi connectivity index (χ0n) is 14.6. The standard InChI is InChI=1S/C18H22N4O3.ClH/c1-12(13-4-5-16-17(9-13)25-11-24-16)20-18(23)15-6-8-22(21-15)14-3-2-7-19-10-14;/h4-6,8-9,12,14,19H,2-3,7,10-11H2,1H3,(H,20,23);1H. The molecule has 2 atom stereocenters. The van der Waals surface area contributed by atoms with Crippen LogP contribution in [0.1, 0.15) is 47.9 Å². The number of aromatic nitrogens is 2. The number of halogens is 1. The highest BCUT2D eigenvalue weighted by Gasteiger charge is 2.20. The number of fused-ring (bicyclic) bond motifs is 1. The largest absolute Gasteiger partial charge is 0.454 e. The van der Waals surface area contributed by atoms with Crippen molar-refractivity contribution in [2.75, 3.05) is 19.9 Å². The van der Waals surface area contributed by atoms with Gasteiger partial charge in [0, 0.05) is 12.7 Å². The summed E-state index contributed by atoms with van der Waals surface area (Å²) in [5.41, 5.74) is 1.41. The Labute approximate surface area is 158 Å². The molecule has 2 aliphatic rings. The average Bonchev–Trinajstić information content (AvgIpc) is 3.31. The molecule has 1 saturated heterocycles. The molecule has 26 heavy (non-hydrogen) atoms. The predicted molar refractivity (Wildman–Crippen MR) is 99.1 cm³/mol. The van der Waals surface area contributed by atoms with Gasteiger partial charge in [0.25, 0.3) is 5.91 Å². The first-order chi connectivity index (χ1) is 12.2. The van der Waals surface area contributed by atoms with Gasteiger partial charge >= 0.3 is 0 Å². The Morgan fingerprint density at radius 1 is 1.35 bits per heavy atom. The van der Waals surface area contributed by atoms with Crippen molar-refractivity contribution in [3.63, 3.8) is 0 Å². The third-order valence-electron chi connectivity index (χ3n) is 4.73. The molecule has 140 valence electrons. The minimum atomic E-state index is -0.173. The fraction of sp³-hybridized carbons (Fsp3) is 0.444. The Morgan fingerprint density at radius 2 is 2.19 bits per heavy atom. The number of amides is 1. The van der Waals surface area contributed by atoms with Gasteiger partial charge in [-0.25, -0.2) is 0 Å². The topological polar surface area (TPSA) is 77.4 Å². The fourth-order valence-corrected chi connectivity index (χ4v) is 3.26. The maximum atomic E-state index is 12.5. The molecule has 0 aliphatic carbocycles. The highest BCUT2D eigenvalue weighted by molar-refractivity contribution is 5.92. The Balaban J connectivity index is 0.00000196. The third-order valence-corrected chi connectivity index (χ3v) is 4.73. The summed E-state index contributed by atoms with van der Waals surface area (Å²) < 4.78 is 12.6. The molecule has 0 spiro atoms. The predicted octanol–water partition coefficient (Wildman–Crippen LogP) is 2.45. The molecule has 4 rings (SSSR count). The molecule has 1 amide bonds. The van der Waals surface area contributed by atoms with Crippen LogP contribution in [0.3, 0.4) is 0 Å². The number of carbonyl (C=O) groups is 1. The number of nitrogens with zero attached hydrogens (tertiary/aromatic N) is 2. The summed E-state index contributed by atoms with van der Waals surface area (Å²) in [6.07, 6.45) is 4.11. The van der Waals surface area contributed by atoms with Crippen LogP contribution in [-0.4, -0.2) is 35.6 Å². The van der Waals surface area contributed by atoms with E-state index in [9.17, 15) is 4.79 Å². The number of hydrogen-bond donors (Lipinski definition) is 2. The molecule has 7 nitrogen and oxygen atoms in total. The van der Waals surface area contributed by atoms with Crippen molar-refractivity contribution < 1.29 is 14.3 Å². The summed E-state index contributed by atoms with van der Waals surface area (Å²) in [5.74, 6) is 1.28. The maximum Gasteiger partial charge on any atom is 0.272 e. The highest BCUT2D eigenvalue weighted by Crippen LogP contribution is 2.34. The lowest BCUT2D eigenvalue weighted by atomic mass is 10.1. The number of hydrogen-bond acceptors (Lipinski definition) is 5. The van der Waals surface area contributed by atoms with Crippen molar-refractivity contribution in [1.29, 1.82) is 0 Å². The lowest BCUT2D eigenvalue weighted by Gasteiger charge is -2.22. The molecule has 8 heteroatoms. The van der Waals surface area contributed by atoms with Crippen LogP contribution in [0.2, 0.25) is 0 Å². The van der Waals surface area contributed by atoms with E-state index in [0.29, 0.717) is 17.5 Å². The van der Waals surface area contributed by atoms with Gasteiger partial charge in [0.2, 0.25) is 6.79 Å². The molecule has 0 bridgehead atoms. The Bertz CT molecular complexity index is 774. The fourth-order valence-electron chi connectivity index (χ4n) is 3.26. The van der Waals surface area contributed by atoms with Crippen molar-refractivity contribution in [3.8, 4) is 11.5 Å². The van der Waals surface area contributed by atoms with Crippen molar-refractivity contribution in [1.82, 2.24) is 20.4 Å². The van der Waals surface area contributed by atoms with Gasteiger partial charge in [0.1, 0.15) is 5.69 Å². The van der Waals surface area contributed by atoms with E-state index in [1.54, 1.807) is 6.07 Å². The van der Waals surface area contributed by atoms with Gasteiger partial charge in [-0.1, -0.05) is 6.07 Å². The molecule has 1 aromatic carbocycles. The van der Waals surface area contributed by atoms with Gasteiger partial charge in [0.15, 0.2) is 11.5 Å². The van der Waals surface area contributed by atoms with Crippen molar-refractivity contribution in [3.05, 3.63) is 41.7 Å². The Morgan fingerprint density at radius 3 is 3.00 bits per heavy atom. The SMILES string of the molecule is CC(NC(=O)c1ccn(C2CCCNC2)n1)c1ccc2c(c1)OCO2.Cl. The number of ether oxygens (including phenoxy) is 2. The van der Waals surface area contributed by atoms with E-state index in [0.717, 1.165) is 37.2 Å². The number of carbonyl (C=O) groups excluding carboxylic acids is 1. The van der Waals surface area contributed by atoms with E-state index in [1.165, 1.54) is 0 Å². The molecule has 0 saturated carbocycles. The van der Waals surface area contributed by atoms with E-state index in [2.05, 4.69) is 15.7 Å². The molecule has 2 aromatic rings. The van der Waals surface area contributed by atoms with Crippen LogP contribution in [0, 0.1) is 0 Å². The van der Waals surface area contributed by atoms with E-state index < -0.39 is 0 Å². The smallest absolute Gasteiger partial charge is 0.272 e. The number of benzene rings is 1. The zero-order valence-corrected chi connectivity index (χ0v) is 15.4. The van der Waals surface area contributed by atoms with Crippen molar-refractivity contribution in [2.45, 2.75) is 31.8 Å². The van der Waals surface area contributed by atoms with E-state index in [1.807, 2.05) is 36.0 Å². The first-order valence-corrected chi connectivity index (χ1v) is 8.67. The van der Waals surface area contributed by atoms with Crippen LogP contribution >= 0.6 is 12.4 Å². The summed E-state index contributed by atoms with van der Waals surface area (Å²) in [7, 11) is 0. The van der Waals surface area contributed by atoms with Gasteiger partial charge in [-0.3, -0.25) is 9.48 Å². The van der Waals surface area contributed by atoms with Crippen LogP contribution in [0.25, 0.3) is 0 Å². The van der Waals surface area contributed by atoms with Crippen LogP contribution < -0.4 is 20.1 Å². The third kappa shape index (κ3) is 3.78. The van der Waals surface area contributed by atoms with E-state index in [-0.39, 0.29) is 31.1 Å². The Kier molecular flexibility index (Phi) is 5.68. The first kappa shape index (κ1) is 18.5. The maximum absolute atomic E-state index is 12.5. The van der Waals surface area contributed by atoms with E-state index >= 15 is 0 Å². The molecule has 2 aliphatic heterocycles. The molecule has 2 unspecified atom stereocenters. The molecular weight excluding hydrogens is 356 g/mol. The van der Waals surface area contributed by atoms with Crippen LogP contribution in [0.15, 0.2) is 30.5 Å². The normalized spacial score (nSPS) is 19.5. The molecular formula is C18H23ClN4O3. The lowest BCUT2D eigenvalue weighted by molar-refractivity contribution is 0.0933. The van der Waals surface area contributed by atoms with E-state index in [4.69, 9.17) is 9.47 Å². The molecule has 3 heterocycles.